The zero-order chi connectivity index (χ0) is 14.4. The first-order valence-electron chi connectivity index (χ1n) is 6.00. The number of anilines is 1. The summed E-state index contributed by atoms with van der Waals surface area (Å²) in [5, 5.41) is 3.64. The monoisotopic (exact) mass is 323 g/mol. The predicted molar refractivity (Wildman–Crippen MR) is 89.0 cm³/mol. The Bertz CT molecular complexity index is 587. The van der Waals surface area contributed by atoms with E-state index in [-0.39, 0.29) is 5.91 Å². The Morgan fingerprint density at radius 2 is 1.85 bits per heavy atom. The SMILES string of the molecule is CSc1ccccc1NC(=O)CSc1ccc(Cl)cc1. The van der Waals surface area contributed by atoms with Crippen LogP contribution in [0.4, 0.5) is 5.69 Å². The van der Waals surface area contributed by atoms with Gasteiger partial charge in [0, 0.05) is 14.8 Å². The zero-order valence-electron chi connectivity index (χ0n) is 10.9. The van der Waals surface area contributed by atoms with Gasteiger partial charge in [-0.1, -0.05) is 23.7 Å². The Morgan fingerprint density at radius 1 is 1.15 bits per heavy atom. The summed E-state index contributed by atoms with van der Waals surface area (Å²) in [4.78, 5) is 14.1. The molecule has 2 nitrogen and oxygen atoms in total. The lowest BCUT2D eigenvalue weighted by atomic mass is 10.3. The van der Waals surface area contributed by atoms with Crippen LogP contribution in [0.2, 0.25) is 5.02 Å². The summed E-state index contributed by atoms with van der Waals surface area (Å²) in [5.74, 6) is 0.371. The molecule has 0 aliphatic carbocycles. The average Bonchev–Trinajstić information content (AvgIpc) is 2.47. The minimum Gasteiger partial charge on any atom is -0.324 e. The van der Waals surface area contributed by atoms with Crippen molar-refractivity contribution in [2.24, 2.45) is 0 Å². The van der Waals surface area contributed by atoms with Gasteiger partial charge in [-0.25, -0.2) is 0 Å². The molecular weight excluding hydrogens is 310 g/mol. The number of carbonyl (C=O) groups is 1. The third kappa shape index (κ3) is 4.47. The lowest BCUT2D eigenvalue weighted by molar-refractivity contribution is -0.113. The van der Waals surface area contributed by atoms with Gasteiger partial charge >= 0.3 is 0 Å². The van der Waals surface area contributed by atoms with Gasteiger partial charge in [-0.05, 0) is 42.7 Å². The number of amides is 1. The van der Waals surface area contributed by atoms with E-state index >= 15 is 0 Å². The molecule has 0 fully saturated rings. The molecule has 0 aromatic heterocycles. The highest BCUT2D eigenvalue weighted by Gasteiger charge is 2.06. The average molecular weight is 324 g/mol. The molecule has 1 amide bonds. The number of para-hydroxylation sites is 1. The fourth-order valence-corrected chi connectivity index (χ4v) is 2.99. The van der Waals surface area contributed by atoms with E-state index in [9.17, 15) is 4.79 Å². The van der Waals surface area contributed by atoms with Gasteiger partial charge in [0.1, 0.15) is 0 Å². The smallest absolute Gasteiger partial charge is 0.234 e. The molecule has 1 N–H and O–H groups in total. The van der Waals surface area contributed by atoms with E-state index in [2.05, 4.69) is 5.32 Å². The van der Waals surface area contributed by atoms with E-state index < -0.39 is 0 Å². The van der Waals surface area contributed by atoms with E-state index in [1.54, 1.807) is 11.8 Å². The summed E-state index contributed by atoms with van der Waals surface area (Å²) in [7, 11) is 0. The molecule has 0 saturated heterocycles. The van der Waals surface area contributed by atoms with E-state index in [0.717, 1.165) is 15.5 Å². The van der Waals surface area contributed by atoms with Crippen molar-refractivity contribution in [3.05, 3.63) is 53.6 Å². The molecule has 2 aromatic rings. The number of benzene rings is 2. The maximum atomic E-state index is 12.0. The van der Waals surface area contributed by atoms with E-state index in [4.69, 9.17) is 11.6 Å². The standard InChI is InChI=1S/C15H14ClNOS2/c1-19-14-5-3-2-4-13(14)17-15(18)10-20-12-8-6-11(16)7-9-12/h2-9H,10H2,1H3,(H,17,18). The second kappa shape index (κ2) is 7.62. The maximum absolute atomic E-state index is 12.0. The van der Waals surface area contributed by atoms with Gasteiger partial charge < -0.3 is 5.32 Å². The molecule has 0 radical (unpaired) electrons. The topological polar surface area (TPSA) is 29.1 Å². The molecule has 2 rings (SSSR count). The Balaban J connectivity index is 1.91. The molecule has 0 bridgehead atoms. The largest absolute Gasteiger partial charge is 0.324 e. The van der Waals surface area contributed by atoms with Gasteiger partial charge in [0.15, 0.2) is 0 Å². The van der Waals surface area contributed by atoms with Gasteiger partial charge in [-0.3, -0.25) is 4.79 Å². The Hall–Kier alpha value is -1.10. The van der Waals surface area contributed by atoms with Gasteiger partial charge in [-0.2, -0.15) is 0 Å². The fraction of sp³-hybridized carbons (Fsp3) is 0.133. The van der Waals surface area contributed by atoms with Crippen LogP contribution in [0.3, 0.4) is 0 Å². The highest BCUT2D eigenvalue weighted by molar-refractivity contribution is 8.00. The molecule has 0 unspecified atom stereocenters. The minimum atomic E-state index is -0.00792. The van der Waals surface area contributed by atoms with Crippen LogP contribution in [0.5, 0.6) is 0 Å². The van der Waals surface area contributed by atoms with Crippen molar-refractivity contribution in [1.29, 1.82) is 0 Å². The van der Waals surface area contributed by atoms with Crippen LogP contribution in [0.15, 0.2) is 58.3 Å². The van der Waals surface area contributed by atoms with Crippen LogP contribution >= 0.6 is 35.1 Å². The highest BCUT2D eigenvalue weighted by atomic mass is 35.5. The number of hydrogen-bond donors (Lipinski definition) is 1. The van der Waals surface area contributed by atoms with Crippen molar-refractivity contribution in [3.8, 4) is 0 Å². The first-order valence-corrected chi connectivity index (χ1v) is 8.59. The zero-order valence-corrected chi connectivity index (χ0v) is 13.3. The molecule has 0 spiro atoms. The van der Waals surface area contributed by atoms with Crippen LogP contribution in [0.25, 0.3) is 0 Å². The molecular formula is C15H14ClNOS2. The van der Waals surface area contributed by atoms with Crippen LogP contribution < -0.4 is 5.32 Å². The minimum absolute atomic E-state index is 0.00792. The summed E-state index contributed by atoms with van der Waals surface area (Å²) in [6.07, 6.45) is 1.99. The lowest BCUT2D eigenvalue weighted by Gasteiger charge is -2.09. The summed E-state index contributed by atoms with van der Waals surface area (Å²) in [5.41, 5.74) is 0.863. The van der Waals surface area contributed by atoms with Crippen molar-refractivity contribution in [2.45, 2.75) is 9.79 Å². The van der Waals surface area contributed by atoms with Gasteiger partial charge in [-0.15, -0.1) is 23.5 Å². The quantitative estimate of drug-likeness (QED) is 0.802. The molecule has 0 atom stereocenters. The van der Waals surface area contributed by atoms with E-state index in [1.807, 2.05) is 54.8 Å². The van der Waals surface area contributed by atoms with E-state index in [0.29, 0.717) is 10.8 Å². The molecule has 0 heterocycles. The Morgan fingerprint density at radius 3 is 2.55 bits per heavy atom. The fourth-order valence-electron chi connectivity index (χ4n) is 1.61. The van der Waals surface area contributed by atoms with Crippen molar-refractivity contribution >= 4 is 46.7 Å². The van der Waals surface area contributed by atoms with Crippen molar-refractivity contribution in [1.82, 2.24) is 0 Å². The summed E-state index contributed by atoms with van der Waals surface area (Å²) < 4.78 is 0. The number of halogens is 1. The molecule has 20 heavy (non-hydrogen) atoms. The maximum Gasteiger partial charge on any atom is 0.234 e. The van der Waals surface area contributed by atoms with Crippen molar-refractivity contribution < 1.29 is 4.79 Å². The molecule has 5 heteroatoms. The Labute approximate surface area is 132 Å². The third-order valence-electron chi connectivity index (χ3n) is 2.56. The molecule has 0 saturated carbocycles. The second-order valence-corrected chi connectivity index (χ2v) is 6.32. The van der Waals surface area contributed by atoms with Crippen LogP contribution in [-0.2, 0) is 4.79 Å². The number of carbonyl (C=O) groups excluding carboxylic acids is 1. The first kappa shape index (κ1) is 15.3. The predicted octanol–water partition coefficient (Wildman–Crippen LogP) is 4.79. The summed E-state index contributed by atoms with van der Waals surface area (Å²) in [6.45, 7) is 0. The Kier molecular flexibility index (Phi) is 5.83. The third-order valence-corrected chi connectivity index (χ3v) is 4.62. The number of rotatable bonds is 5. The normalized spacial score (nSPS) is 10.3. The lowest BCUT2D eigenvalue weighted by Crippen LogP contribution is -2.14. The summed E-state index contributed by atoms with van der Waals surface area (Å²) in [6, 6.07) is 15.3. The first-order chi connectivity index (χ1) is 9.69. The van der Waals surface area contributed by atoms with Gasteiger partial charge in [0.25, 0.3) is 0 Å². The molecule has 2 aromatic carbocycles. The van der Waals surface area contributed by atoms with E-state index in [1.165, 1.54) is 11.8 Å². The number of nitrogens with one attached hydrogen (secondary N) is 1. The van der Waals surface area contributed by atoms with Crippen molar-refractivity contribution in [2.75, 3.05) is 17.3 Å². The highest BCUT2D eigenvalue weighted by Crippen LogP contribution is 2.25. The molecule has 0 aliphatic rings. The van der Waals surface area contributed by atoms with Gasteiger partial charge in [0.05, 0.1) is 11.4 Å². The number of hydrogen-bond acceptors (Lipinski definition) is 3. The van der Waals surface area contributed by atoms with Crippen molar-refractivity contribution in [3.63, 3.8) is 0 Å². The summed E-state index contributed by atoms with van der Waals surface area (Å²) >= 11 is 8.93. The second-order valence-electron chi connectivity index (χ2n) is 3.99. The van der Waals surface area contributed by atoms with Crippen LogP contribution in [-0.4, -0.2) is 17.9 Å². The van der Waals surface area contributed by atoms with Gasteiger partial charge in [0.2, 0.25) is 5.91 Å². The van der Waals surface area contributed by atoms with Crippen LogP contribution in [0, 0.1) is 0 Å². The number of thioether (sulfide) groups is 2. The molecule has 0 aliphatic heterocycles. The molecule has 104 valence electrons. The van der Waals surface area contributed by atoms with Crippen LogP contribution in [0.1, 0.15) is 0 Å².